The second kappa shape index (κ2) is 4.73. The van der Waals surface area contributed by atoms with Gasteiger partial charge in [-0.15, -0.1) is 0 Å². The van der Waals surface area contributed by atoms with Gasteiger partial charge in [0.2, 0.25) is 0 Å². The van der Waals surface area contributed by atoms with E-state index < -0.39 is 0 Å². The van der Waals surface area contributed by atoms with Crippen LogP contribution in [0, 0.1) is 0 Å². The van der Waals surface area contributed by atoms with Crippen molar-refractivity contribution in [2.45, 2.75) is 32.4 Å². The van der Waals surface area contributed by atoms with Crippen molar-refractivity contribution in [3.63, 3.8) is 0 Å². The number of aliphatic hydroxyl groups excluding tert-OH is 1. The minimum Gasteiger partial charge on any atom is -0.392 e. The van der Waals surface area contributed by atoms with Gasteiger partial charge in [-0.25, -0.2) is 0 Å². The maximum atomic E-state index is 9.47. The Bertz CT molecular complexity index is 378. The molecule has 2 rings (SSSR count). The van der Waals surface area contributed by atoms with Crippen molar-refractivity contribution in [3.8, 4) is 0 Å². The van der Waals surface area contributed by atoms with Crippen molar-refractivity contribution in [2.75, 3.05) is 13.1 Å². The molecule has 5 heteroatoms. The Kier molecular flexibility index (Phi) is 3.52. The van der Waals surface area contributed by atoms with Crippen molar-refractivity contribution < 1.29 is 5.11 Å². The quantitative estimate of drug-likeness (QED) is 0.868. The molecule has 0 aromatic carbocycles. The molecule has 0 radical (unpaired) electrons. The summed E-state index contributed by atoms with van der Waals surface area (Å²) in [7, 11) is 1.92. The molecule has 16 heavy (non-hydrogen) atoms. The van der Waals surface area contributed by atoms with Gasteiger partial charge < -0.3 is 5.11 Å². The van der Waals surface area contributed by atoms with Crippen LogP contribution in [0.25, 0.3) is 0 Å². The van der Waals surface area contributed by atoms with E-state index in [0.29, 0.717) is 0 Å². The molecule has 0 saturated carbocycles. The van der Waals surface area contributed by atoms with Crippen LogP contribution < -0.4 is 0 Å². The second-order valence-corrected chi connectivity index (χ2v) is 4.74. The summed E-state index contributed by atoms with van der Waals surface area (Å²) in [4.78, 5) is 2.22. The van der Waals surface area contributed by atoms with Crippen LogP contribution in [-0.4, -0.2) is 39.0 Å². The Hall–Kier alpha value is -0.580. The largest absolute Gasteiger partial charge is 0.392 e. The summed E-state index contributed by atoms with van der Waals surface area (Å²) in [5, 5.41) is 14.6. The van der Waals surface area contributed by atoms with Gasteiger partial charge in [-0.05, 0) is 12.8 Å². The van der Waals surface area contributed by atoms with Gasteiger partial charge in [-0.1, -0.05) is 18.5 Å². The molecular formula is C11H18ClN3O. The molecule has 0 amide bonds. The lowest BCUT2D eigenvalue weighted by atomic mass is 10.3. The van der Waals surface area contributed by atoms with Crippen molar-refractivity contribution in [2.24, 2.45) is 7.05 Å². The fourth-order valence-electron chi connectivity index (χ4n) is 2.16. The number of β-amino-alcohol motifs (C(OH)–C–C–N with tert-alkyl or cyclic N) is 1. The number of aryl methyl sites for hydroxylation is 2. The third kappa shape index (κ3) is 2.24. The zero-order valence-electron chi connectivity index (χ0n) is 9.78. The van der Waals surface area contributed by atoms with Gasteiger partial charge in [0, 0.05) is 26.7 Å². The molecule has 4 nitrogen and oxygen atoms in total. The first-order valence-electron chi connectivity index (χ1n) is 5.72. The standard InChI is InChI=1S/C11H18ClN3O/c1-3-9-11(12)10(14(2)13-9)7-15-5-4-8(16)6-15/h8,16H,3-7H2,1-2H3. The molecule has 90 valence electrons. The lowest BCUT2D eigenvalue weighted by Gasteiger charge is -2.15. The average molecular weight is 244 g/mol. The number of aromatic nitrogens is 2. The molecule has 1 atom stereocenters. The van der Waals surface area contributed by atoms with E-state index in [4.69, 9.17) is 11.6 Å². The number of hydrogen-bond donors (Lipinski definition) is 1. The number of aliphatic hydroxyl groups is 1. The number of halogens is 1. The zero-order valence-corrected chi connectivity index (χ0v) is 10.5. The predicted molar refractivity (Wildman–Crippen MR) is 63.5 cm³/mol. The molecule has 1 aliphatic heterocycles. The first-order valence-corrected chi connectivity index (χ1v) is 6.10. The normalized spacial score (nSPS) is 21.9. The van der Waals surface area contributed by atoms with E-state index >= 15 is 0 Å². The van der Waals surface area contributed by atoms with Crippen LogP contribution in [0.15, 0.2) is 0 Å². The van der Waals surface area contributed by atoms with E-state index in [2.05, 4.69) is 16.9 Å². The zero-order chi connectivity index (χ0) is 11.7. The van der Waals surface area contributed by atoms with Crippen molar-refractivity contribution >= 4 is 11.6 Å². The number of rotatable bonds is 3. The summed E-state index contributed by atoms with van der Waals surface area (Å²) in [6.07, 6.45) is 1.53. The Labute approximate surface area is 101 Å². The minimum absolute atomic E-state index is 0.183. The van der Waals surface area contributed by atoms with Gasteiger partial charge in [-0.2, -0.15) is 5.10 Å². The van der Waals surface area contributed by atoms with E-state index in [1.165, 1.54) is 0 Å². The first-order chi connectivity index (χ1) is 7.61. The second-order valence-electron chi connectivity index (χ2n) is 4.36. The molecule has 1 N–H and O–H groups in total. The molecule has 1 aliphatic rings. The van der Waals surface area contributed by atoms with E-state index in [0.717, 1.165) is 48.9 Å². The topological polar surface area (TPSA) is 41.3 Å². The summed E-state index contributed by atoms with van der Waals surface area (Å²) in [6, 6.07) is 0. The Balaban J connectivity index is 2.12. The van der Waals surface area contributed by atoms with Crippen molar-refractivity contribution in [1.82, 2.24) is 14.7 Å². The van der Waals surface area contributed by atoms with Gasteiger partial charge in [-0.3, -0.25) is 9.58 Å². The van der Waals surface area contributed by atoms with Crippen LogP contribution >= 0.6 is 11.6 Å². The highest BCUT2D eigenvalue weighted by molar-refractivity contribution is 6.31. The van der Waals surface area contributed by atoms with Crippen LogP contribution in [0.1, 0.15) is 24.7 Å². The predicted octanol–water partition coefficient (Wildman–Crippen LogP) is 1.20. The molecule has 1 aromatic rings. The van der Waals surface area contributed by atoms with Crippen molar-refractivity contribution in [3.05, 3.63) is 16.4 Å². The highest BCUT2D eigenvalue weighted by atomic mass is 35.5. The lowest BCUT2D eigenvalue weighted by Crippen LogP contribution is -2.23. The molecule has 1 unspecified atom stereocenters. The summed E-state index contributed by atoms with van der Waals surface area (Å²) in [6.45, 7) is 4.50. The van der Waals surface area contributed by atoms with E-state index in [9.17, 15) is 5.11 Å². The average Bonchev–Trinajstić information content (AvgIpc) is 2.77. The summed E-state index contributed by atoms with van der Waals surface area (Å²) >= 11 is 6.27. The van der Waals surface area contributed by atoms with Crippen LogP contribution in [0.5, 0.6) is 0 Å². The minimum atomic E-state index is -0.183. The molecule has 1 saturated heterocycles. The maximum absolute atomic E-state index is 9.47. The smallest absolute Gasteiger partial charge is 0.0863 e. The van der Waals surface area contributed by atoms with Crippen LogP contribution in [-0.2, 0) is 20.0 Å². The molecule has 1 aromatic heterocycles. The summed E-state index contributed by atoms with van der Waals surface area (Å²) in [5.41, 5.74) is 2.01. The van der Waals surface area contributed by atoms with Gasteiger partial charge in [0.1, 0.15) is 0 Å². The molecule has 0 aliphatic carbocycles. The van der Waals surface area contributed by atoms with Crippen LogP contribution in [0.3, 0.4) is 0 Å². The van der Waals surface area contributed by atoms with Gasteiger partial charge in [0.05, 0.1) is 22.5 Å². The SMILES string of the molecule is CCc1nn(C)c(CN2CCC(O)C2)c1Cl. The molecule has 1 fully saturated rings. The van der Waals surface area contributed by atoms with Crippen LogP contribution in [0.4, 0.5) is 0 Å². The molecule has 0 spiro atoms. The van der Waals surface area contributed by atoms with Gasteiger partial charge >= 0.3 is 0 Å². The maximum Gasteiger partial charge on any atom is 0.0863 e. The van der Waals surface area contributed by atoms with E-state index in [-0.39, 0.29) is 6.10 Å². The van der Waals surface area contributed by atoms with E-state index in [1.54, 1.807) is 0 Å². The highest BCUT2D eigenvalue weighted by Crippen LogP contribution is 2.23. The van der Waals surface area contributed by atoms with Gasteiger partial charge in [0.15, 0.2) is 0 Å². The monoisotopic (exact) mass is 243 g/mol. The fourth-order valence-corrected chi connectivity index (χ4v) is 2.51. The number of nitrogens with zero attached hydrogens (tertiary/aromatic N) is 3. The number of likely N-dealkylation sites (tertiary alicyclic amines) is 1. The molecular weight excluding hydrogens is 226 g/mol. The Morgan fingerprint density at radius 1 is 1.56 bits per heavy atom. The molecule has 0 bridgehead atoms. The third-order valence-corrected chi connectivity index (χ3v) is 3.56. The number of hydrogen-bond acceptors (Lipinski definition) is 3. The lowest BCUT2D eigenvalue weighted by molar-refractivity contribution is 0.174. The summed E-state index contributed by atoms with van der Waals surface area (Å²) < 4.78 is 1.85. The Morgan fingerprint density at radius 3 is 2.81 bits per heavy atom. The Morgan fingerprint density at radius 2 is 2.31 bits per heavy atom. The van der Waals surface area contributed by atoms with Gasteiger partial charge in [0.25, 0.3) is 0 Å². The van der Waals surface area contributed by atoms with E-state index in [1.807, 2.05) is 11.7 Å². The van der Waals surface area contributed by atoms with Crippen LogP contribution in [0.2, 0.25) is 5.02 Å². The highest BCUT2D eigenvalue weighted by Gasteiger charge is 2.23. The molecule has 2 heterocycles. The third-order valence-electron chi connectivity index (χ3n) is 3.12. The fraction of sp³-hybridized carbons (Fsp3) is 0.727. The summed E-state index contributed by atoms with van der Waals surface area (Å²) in [5.74, 6) is 0. The first kappa shape index (κ1) is 11.9. The van der Waals surface area contributed by atoms with Crippen molar-refractivity contribution in [1.29, 1.82) is 0 Å².